The number of piperidine rings is 1. The van der Waals surface area contributed by atoms with E-state index in [1.807, 2.05) is 6.92 Å². The molecule has 0 radical (unpaired) electrons. The molecule has 1 aliphatic heterocycles. The van der Waals surface area contributed by atoms with E-state index in [0.29, 0.717) is 19.1 Å². The second kappa shape index (κ2) is 12.0. The smallest absolute Gasteiger partial charge is 0.305 e. The third-order valence-corrected chi connectivity index (χ3v) is 4.09. The molecule has 4 nitrogen and oxygen atoms in total. The van der Waals surface area contributed by atoms with Crippen LogP contribution in [0, 0.1) is 0 Å². The summed E-state index contributed by atoms with van der Waals surface area (Å²) in [5.41, 5.74) is 0. The molecule has 0 amide bonds. The van der Waals surface area contributed by atoms with Crippen LogP contribution in [0.5, 0.6) is 0 Å². The van der Waals surface area contributed by atoms with Crippen molar-refractivity contribution in [1.82, 2.24) is 10.2 Å². The highest BCUT2D eigenvalue weighted by Crippen LogP contribution is 2.10. The number of rotatable bonds is 11. The number of carbonyl (C=O) groups excluding carboxylic acids is 1. The maximum Gasteiger partial charge on any atom is 0.305 e. The normalized spacial score (nSPS) is 18.9. The summed E-state index contributed by atoms with van der Waals surface area (Å²) in [6.07, 6.45) is 9.09. The Morgan fingerprint density at radius 1 is 1.19 bits per heavy atom. The van der Waals surface area contributed by atoms with Gasteiger partial charge in [0.05, 0.1) is 6.61 Å². The highest BCUT2D eigenvalue weighted by Gasteiger charge is 2.15. The number of ether oxygens (including phenoxy) is 1. The van der Waals surface area contributed by atoms with Crippen LogP contribution in [0.4, 0.5) is 0 Å². The maximum absolute atomic E-state index is 11.3. The fourth-order valence-corrected chi connectivity index (χ4v) is 3.02. The van der Waals surface area contributed by atoms with Gasteiger partial charge in [-0.15, -0.1) is 0 Å². The van der Waals surface area contributed by atoms with Crippen molar-refractivity contribution in [3.05, 3.63) is 0 Å². The Bertz CT molecular complexity index is 266. The van der Waals surface area contributed by atoms with E-state index in [2.05, 4.69) is 17.1 Å². The van der Waals surface area contributed by atoms with Crippen molar-refractivity contribution in [2.45, 2.75) is 71.3 Å². The van der Waals surface area contributed by atoms with Gasteiger partial charge in [0.2, 0.25) is 0 Å². The first kappa shape index (κ1) is 18.4. The van der Waals surface area contributed by atoms with Crippen molar-refractivity contribution in [2.75, 3.05) is 32.8 Å². The summed E-state index contributed by atoms with van der Waals surface area (Å²) < 4.78 is 4.95. The van der Waals surface area contributed by atoms with Crippen LogP contribution in [-0.4, -0.2) is 49.7 Å². The van der Waals surface area contributed by atoms with Gasteiger partial charge in [-0.05, 0) is 58.7 Å². The summed E-state index contributed by atoms with van der Waals surface area (Å²) in [4.78, 5) is 13.9. The number of nitrogens with one attached hydrogen (secondary N) is 1. The molecule has 0 aromatic heterocycles. The fraction of sp³-hybridized carbons (Fsp3) is 0.941. The average molecular weight is 298 g/mol. The quantitative estimate of drug-likeness (QED) is 0.470. The minimum atomic E-state index is -0.0469. The molecule has 0 aliphatic carbocycles. The lowest BCUT2D eigenvalue weighted by atomic mass is 10.0. The van der Waals surface area contributed by atoms with Crippen LogP contribution >= 0.6 is 0 Å². The minimum absolute atomic E-state index is 0.0469. The van der Waals surface area contributed by atoms with Crippen molar-refractivity contribution in [1.29, 1.82) is 0 Å². The van der Waals surface area contributed by atoms with Gasteiger partial charge in [-0.1, -0.05) is 19.8 Å². The van der Waals surface area contributed by atoms with E-state index < -0.39 is 0 Å². The molecule has 0 saturated carbocycles. The Labute approximate surface area is 130 Å². The summed E-state index contributed by atoms with van der Waals surface area (Å²) in [6, 6.07) is 0.685. The second-order valence-electron chi connectivity index (χ2n) is 6.06. The van der Waals surface area contributed by atoms with Gasteiger partial charge in [-0.25, -0.2) is 0 Å². The largest absolute Gasteiger partial charge is 0.466 e. The third-order valence-electron chi connectivity index (χ3n) is 4.09. The summed E-state index contributed by atoms with van der Waals surface area (Å²) in [5.74, 6) is -0.0469. The molecule has 0 spiro atoms. The van der Waals surface area contributed by atoms with E-state index in [4.69, 9.17) is 4.74 Å². The minimum Gasteiger partial charge on any atom is -0.466 e. The Hall–Kier alpha value is -0.610. The van der Waals surface area contributed by atoms with Crippen molar-refractivity contribution in [3.63, 3.8) is 0 Å². The van der Waals surface area contributed by atoms with Gasteiger partial charge in [0.1, 0.15) is 0 Å². The molecule has 0 aromatic carbocycles. The number of esters is 1. The van der Waals surface area contributed by atoms with Gasteiger partial charge < -0.3 is 15.0 Å². The highest BCUT2D eigenvalue weighted by atomic mass is 16.5. The van der Waals surface area contributed by atoms with Gasteiger partial charge in [0, 0.05) is 19.0 Å². The van der Waals surface area contributed by atoms with Crippen LogP contribution < -0.4 is 5.32 Å². The lowest BCUT2D eigenvalue weighted by Gasteiger charge is -2.30. The molecule has 1 fully saturated rings. The van der Waals surface area contributed by atoms with E-state index in [0.717, 1.165) is 19.4 Å². The number of nitrogens with zero attached hydrogens (tertiary/aromatic N) is 1. The van der Waals surface area contributed by atoms with Gasteiger partial charge in [-0.2, -0.15) is 0 Å². The van der Waals surface area contributed by atoms with Crippen molar-refractivity contribution >= 4 is 5.97 Å². The Morgan fingerprint density at radius 2 is 2.05 bits per heavy atom. The van der Waals surface area contributed by atoms with Gasteiger partial charge >= 0.3 is 5.97 Å². The maximum atomic E-state index is 11.3. The molecule has 1 N–H and O–H groups in total. The van der Waals surface area contributed by atoms with E-state index in [-0.39, 0.29) is 5.97 Å². The standard InChI is InChI=1S/C17H34N2O2/c1-3-13-19(15-16-10-7-8-12-18-16)14-9-5-6-11-17(20)21-4-2/h16,18H,3-15H2,1-2H3. The van der Waals surface area contributed by atoms with Crippen LogP contribution in [0.3, 0.4) is 0 Å². The topological polar surface area (TPSA) is 41.6 Å². The first-order valence-corrected chi connectivity index (χ1v) is 8.87. The predicted octanol–water partition coefficient (Wildman–Crippen LogP) is 2.96. The molecule has 1 saturated heterocycles. The van der Waals surface area contributed by atoms with Crippen LogP contribution in [0.15, 0.2) is 0 Å². The molecule has 124 valence electrons. The van der Waals surface area contributed by atoms with Crippen LogP contribution in [0.1, 0.15) is 65.2 Å². The average Bonchev–Trinajstić information content (AvgIpc) is 2.48. The summed E-state index contributed by atoms with van der Waals surface area (Å²) in [5, 5.41) is 3.64. The van der Waals surface area contributed by atoms with Crippen LogP contribution in [-0.2, 0) is 9.53 Å². The number of carbonyl (C=O) groups is 1. The molecule has 4 heteroatoms. The van der Waals surface area contributed by atoms with Gasteiger partial charge in [0.15, 0.2) is 0 Å². The molecule has 1 atom stereocenters. The molecule has 1 unspecified atom stereocenters. The molecule has 1 heterocycles. The highest BCUT2D eigenvalue weighted by molar-refractivity contribution is 5.69. The van der Waals surface area contributed by atoms with E-state index in [1.165, 1.54) is 51.7 Å². The van der Waals surface area contributed by atoms with E-state index in [9.17, 15) is 4.79 Å². The number of hydrogen-bond donors (Lipinski definition) is 1. The lowest BCUT2D eigenvalue weighted by Crippen LogP contribution is -2.44. The van der Waals surface area contributed by atoms with Gasteiger partial charge in [0.25, 0.3) is 0 Å². The first-order valence-electron chi connectivity index (χ1n) is 8.87. The van der Waals surface area contributed by atoms with Crippen LogP contribution in [0.2, 0.25) is 0 Å². The molecule has 21 heavy (non-hydrogen) atoms. The molecule has 1 rings (SSSR count). The second-order valence-corrected chi connectivity index (χ2v) is 6.06. The van der Waals surface area contributed by atoms with Crippen molar-refractivity contribution in [3.8, 4) is 0 Å². The van der Waals surface area contributed by atoms with E-state index >= 15 is 0 Å². The first-order chi connectivity index (χ1) is 10.3. The molecule has 1 aliphatic rings. The Kier molecular flexibility index (Phi) is 10.5. The van der Waals surface area contributed by atoms with E-state index in [1.54, 1.807) is 0 Å². The lowest BCUT2D eigenvalue weighted by molar-refractivity contribution is -0.143. The SMILES string of the molecule is CCCN(CCCCCC(=O)OCC)CC1CCCCN1. The number of hydrogen-bond acceptors (Lipinski definition) is 4. The summed E-state index contributed by atoms with van der Waals surface area (Å²) >= 11 is 0. The van der Waals surface area contributed by atoms with Crippen molar-refractivity contribution in [2.24, 2.45) is 0 Å². The molecule has 0 aromatic rings. The molecule has 0 bridgehead atoms. The van der Waals surface area contributed by atoms with Crippen molar-refractivity contribution < 1.29 is 9.53 Å². The predicted molar refractivity (Wildman–Crippen MR) is 87.5 cm³/mol. The molecular formula is C17H34N2O2. The third kappa shape index (κ3) is 9.10. The summed E-state index contributed by atoms with van der Waals surface area (Å²) in [7, 11) is 0. The zero-order valence-corrected chi connectivity index (χ0v) is 14.0. The monoisotopic (exact) mass is 298 g/mol. The zero-order valence-electron chi connectivity index (χ0n) is 14.0. The Balaban J connectivity index is 2.11. The zero-order chi connectivity index (χ0) is 15.3. The fourth-order valence-electron chi connectivity index (χ4n) is 3.02. The van der Waals surface area contributed by atoms with Crippen LogP contribution in [0.25, 0.3) is 0 Å². The van der Waals surface area contributed by atoms with Gasteiger partial charge in [-0.3, -0.25) is 4.79 Å². The number of unbranched alkanes of at least 4 members (excludes halogenated alkanes) is 2. The Morgan fingerprint density at radius 3 is 2.71 bits per heavy atom. The summed E-state index contributed by atoms with van der Waals surface area (Å²) in [6.45, 7) is 9.33. The molecular weight excluding hydrogens is 264 g/mol.